The van der Waals surface area contributed by atoms with Gasteiger partial charge in [0.25, 0.3) is 11.6 Å². The lowest BCUT2D eigenvalue weighted by molar-refractivity contribution is -0.385. The molecule has 0 saturated heterocycles. The lowest BCUT2D eigenvalue weighted by atomic mass is 10.1. The zero-order valence-corrected chi connectivity index (χ0v) is 15.3. The van der Waals surface area contributed by atoms with E-state index in [1.807, 2.05) is 0 Å². The predicted molar refractivity (Wildman–Crippen MR) is 104 cm³/mol. The molecule has 1 aliphatic rings. The zero-order chi connectivity index (χ0) is 20.6. The largest absolute Gasteiger partial charge is 0.490 e. The van der Waals surface area contributed by atoms with Crippen molar-refractivity contribution in [1.29, 1.82) is 0 Å². The van der Waals surface area contributed by atoms with Crippen LogP contribution in [-0.4, -0.2) is 36.6 Å². The van der Waals surface area contributed by atoms with Crippen molar-refractivity contribution < 1.29 is 28.7 Å². The maximum atomic E-state index is 12.0. The fraction of sp³-hybridized carbons (Fsp3) is 0.200. The van der Waals surface area contributed by atoms with E-state index >= 15 is 0 Å². The average Bonchev–Trinajstić information content (AvgIpc) is 2.96. The van der Waals surface area contributed by atoms with Gasteiger partial charge in [0.2, 0.25) is 0 Å². The van der Waals surface area contributed by atoms with Gasteiger partial charge < -0.3 is 19.5 Å². The second kappa shape index (κ2) is 9.36. The molecule has 0 fully saturated rings. The fourth-order valence-corrected chi connectivity index (χ4v) is 2.58. The molecular weight excluding hydrogens is 380 g/mol. The van der Waals surface area contributed by atoms with Crippen LogP contribution in [0.15, 0.2) is 48.5 Å². The van der Waals surface area contributed by atoms with Crippen LogP contribution < -0.4 is 14.8 Å². The Morgan fingerprint density at radius 1 is 1.14 bits per heavy atom. The number of para-hydroxylation sites is 1. The van der Waals surface area contributed by atoms with E-state index in [2.05, 4.69) is 5.32 Å². The van der Waals surface area contributed by atoms with Crippen LogP contribution in [0.1, 0.15) is 12.0 Å². The van der Waals surface area contributed by atoms with Crippen molar-refractivity contribution >= 4 is 29.3 Å². The van der Waals surface area contributed by atoms with Crippen molar-refractivity contribution in [1.82, 2.24) is 0 Å². The molecule has 0 aliphatic carbocycles. The van der Waals surface area contributed by atoms with Crippen molar-refractivity contribution in [2.45, 2.75) is 6.42 Å². The van der Waals surface area contributed by atoms with E-state index < -0.39 is 23.4 Å². The van der Waals surface area contributed by atoms with Crippen molar-refractivity contribution in [3.8, 4) is 11.5 Å². The molecule has 1 heterocycles. The fourth-order valence-electron chi connectivity index (χ4n) is 2.58. The van der Waals surface area contributed by atoms with Gasteiger partial charge >= 0.3 is 5.97 Å². The molecule has 0 spiro atoms. The lowest BCUT2D eigenvalue weighted by Gasteiger charge is -2.10. The summed E-state index contributed by atoms with van der Waals surface area (Å²) in [6.45, 7) is 0.580. The molecule has 1 amide bonds. The number of nitro groups is 1. The molecule has 0 unspecified atom stereocenters. The number of carbonyl (C=O) groups excluding carboxylic acids is 2. The first-order chi connectivity index (χ1) is 14.0. The Labute approximate surface area is 166 Å². The minimum atomic E-state index is -0.794. The third kappa shape index (κ3) is 5.55. The van der Waals surface area contributed by atoms with Gasteiger partial charge in [-0.05, 0) is 24.3 Å². The van der Waals surface area contributed by atoms with Gasteiger partial charge in [0, 0.05) is 30.3 Å². The summed E-state index contributed by atoms with van der Waals surface area (Å²) >= 11 is 0. The topological polar surface area (TPSA) is 117 Å². The summed E-state index contributed by atoms with van der Waals surface area (Å²) in [6, 6.07) is 10.9. The van der Waals surface area contributed by atoms with Gasteiger partial charge in [-0.1, -0.05) is 12.1 Å². The van der Waals surface area contributed by atoms with Gasteiger partial charge in [0.1, 0.15) is 0 Å². The van der Waals surface area contributed by atoms with Crippen LogP contribution in [0.4, 0.5) is 11.4 Å². The Kier molecular flexibility index (Phi) is 6.41. The van der Waals surface area contributed by atoms with Crippen LogP contribution in [-0.2, 0) is 14.3 Å². The van der Waals surface area contributed by atoms with Gasteiger partial charge in [-0.2, -0.15) is 0 Å². The van der Waals surface area contributed by atoms with Gasteiger partial charge in [0.15, 0.2) is 18.1 Å². The smallest absolute Gasteiger partial charge is 0.331 e. The van der Waals surface area contributed by atoms with Crippen LogP contribution in [0, 0.1) is 10.1 Å². The number of nitrogens with one attached hydrogen (secondary N) is 1. The molecule has 2 aromatic rings. The van der Waals surface area contributed by atoms with E-state index in [0.29, 0.717) is 30.4 Å². The van der Waals surface area contributed by atoms with Crippen molar-refractivity contribution in [3.05, 3.63) is 64.2 Å². The van der Waals surface area contributed by atoms with Gasteiger partial charge in [-0.25, -0.2) is 4.79 Å². The van der Waals surface area contributed by atoms with E-state index in [9.17, 15) is 19.7 Å². The van der Waals surface area contributed by atoms with E-state index in [1.165, 1.54) is 24.3 Å². The number of nitrogens with zero attached hydrogens (tertiary/aromatic N) is 1. The third-order valence-corrected chi connectivity index (χ3v) is 3.91. The Hall–Kier alpha value is -3.88. The molecule has 150 valence electrons. The van der Waals surface area contributed by atoms with Crippen LogP contribution >= 0.6 is 0 Å². The minimum Gasteiger partial charge on any atom is -0.490 e. The number of hydrogen-bond acceptors (Lipinski definition) is 7. The number of carbonyl (C=O) groups is 2. The molecule has 0 radical (unpaired) electrons. The molecule has 29 heavy (non-hydrogen) atoms. The zero-order valence-electron chi connectivity index (χ0n) is 15.3. The summed E-state index contributed by atoms with van der Waals surface area (Å²) in [5.74, 6) is -0.194. The van der Waals surface area contributed by atoms with Gasteiger partial charge in [0.05, 0.1) is 23.7 Å². The van der Waals surface area contributed by atoms with Crippen LogP contribution in [0.3, 0.4) is 0 Å². The number of amides is 1. The number of rotatable bonds is 6. The molecule has 0 aromatic heterocycles. The van der Waals surface area contributed by atoms with Crippen molar-refractivity contribution in [2.24, 2.45) is 0 Å². The van der Waals surface area contributed by atoms with Crippen LogP contribution in [0.5, 0.6) is 11.5 Å². The van der Waals surface area contributed by atoms with E-state index in [-0.39, 0.29) is 11.3 Å². The van der Waals surface area contributed by atoms with E-state index in [0.717, 1.165) is 12.5 Å². The summed E-state index contributed by atoms with van der Waals surface area (Å²) < 4.78 is 15.9. The van der Waals surface area contributed by atoms with Gasteiger partial charge in [-0.3, -0.25) is 14.9 Å². The Morgan fingerprint density at radius 3 is 2.69 bits per heavy atom. The molecule has 1 aliphatic heterocycles. The van der Waals surface area contributed by atoms with E-state index in [4.69, 9.17) is 14.2 Å². The molecule has 0 saturated carbocycles. The van der Waals surface area contributed by atoms with Crippen LogP contribution in [0.25, 0.3) is 6.08 Å². The Morgan fingerprint density at radius 2 is 1.90 bits per heavy atom. The third-order valence-electron chi connectivity index (χ3n) is 3.91. The molecule has 0 bridgehead atoms. The SMILES string of the molecule is O=C(COC(=O)/C=C/c1ccccc1[N+](=O)[O-])Nc1ccc2c(c1)OCCCO2. The normalized spacial score (nSPS) is 12.8. The van der Waals surface area contributed by atoms with Crippen molar-refractivity contribution in [3.63, 3.8) is 0 Å². The number of nitro benzene ring substituents is 1. The Bertz CT molecular complexity index is 956. The predicted octanol–water partition coefficient (Wildman–Crippen LogP) is 2.95. The highest BCUT2D eigenvalue weighted by molar-refractivity contribution is 5.95. The maximum Gasteiger partial charge on any atom is 0.331 e. The number of anilines is 1. The van der Waals surface area contributed by atoms with Crippen molar-refractivity contribution in [2.75, 3.05) is 25.1 Å². The summed E-state index contributed by atoms with van der Waals surface area (Å²) in [7, 11) is 0. The first-order valence-electron chi connectivity index (χ1n) is 8.81. The highest BCUT2D eigenvalue weighted by Gasteiger charge is 2.13. The number of benzene rings is 2. The first-order valence-corrected chi connectivity index (χ1v) is 8.81. The number of ether oxygens (including phenoxy) is 3. The first kappa shape index (κ1) is 19.9. The van der Waals surface area contributed by atoms with Crippen LogP contribution in [0.2, 0.25) is 0 Å². The summed E-state index contributed by atoms with van der Waals surface area (Å²) in [5.41, 5.74) is 0.598. The molecular formula is C20H18N2O7. The molecule has 1 N–H and O–H groups in total. The molecule has 9 heteroatoms. The molecule has 9 nitrogen and oxygen atoms in total. The average molecular weight is 398 g/mol. The standard InChI is InChI=1S/C20H18N2O7/c23-19(21-15-7-8-17-18(12-15)28-11-3-10-27-17)13-29-20(24)9-6-14-4-1-2-5-16(14)22(25)26/h1-2,4-9,12H,3,10-11,13H2,(H,21,23)/b9-6+. The number of fused-ring (bicyclic) bond motifs is 1. The monoisotopic (exact) mass is 398 g/mol. The summed E-state index contributed by atoms with van der Waals surface area (Å²) in [6.07, 6.45) is 3.07. The van der Waals surface area contributed by atoms with Gasteiger partial charge in [-0.15, -0.1) is 0 Å². The highest BCUT2D eigenvalue weighted by Crippen LogP contribution is 2.32. The maximum absolute atomic E-state index is 12.0. The Balaban J connectivity index is 1.52. The number of hydrogen-bond donors (Lipinski definition) is 1. The lowest BCUT2D eigenvalue weighted by Crippen LogP contribution is -2.20. The summed E-state index contributed by atoms with van der Waals surface area (Å²) in [5, 5.41) is 13.6. The molecule has 3 rings (SSSR count). The summed E-state index contributed by atoms with van der Waals surface area (Å²) in [4.78, 5) is 34.2. The highest BCUT2D eigenvalue weighted by atomic mass is 16.6. The number of esters is 1. The second-order valence-corrected chi connectivity index (χ2v) is 6.02. The minimum absolute atomic E-state index is 0.135. The molecule has 0 atom stereocenters. The quantitative estimate of drug-likeness (QED) is 0.344. The molecule has 2 aromatic carbocycles. The second-order valence-electron chi connectivity index (χ2n) is 6.02. The van der Waals surface area contributed by atoms with E-state index in [1.54, 1.807) is 24.3 Å².